The first-order valence-corrected chi connectivity index (χ1v) is 3.93. The van der Waals surface area contributed by atoms with E-state index < -0.39 is 0 Å². The first-order chi connectivity index (χ1) is 5.26. The highest BCUT2D eigenvalue weighted by Gasteiger charge is 1.93. The van der Waals surface area contributed by atoms with Crippen molar-refractivity contribution in [3.8, 4) is 0 Å². The van der Waals surface area contributed by atoms with Crippen LogP contribution in [0.1, 0.15) is 33.6 Å². The molecule has 0 aromatic heterocycles. The predicted molar refractivity (Wildman–Crippen MR) is 51.3 cm³/mol. The summed E-state index contributed by atoms with van der Waals surface area (Å²) in [4.78, 5) is 7.72. The van der Waals surface area contributed by atoms with Gasteiger partial charge >= 0.3 is 0 Å². The van der Waals surface area contributed by atoms with Crippen molar-refractivity contribution in [2.45, 2.75) is 33.6 Å². The van der Waals surface area contributed by atoms with E-state index in [9.17, 15) is 0 Å². The van der Waals surface area contributed by atoms with Gasteiger partial charge in [0, 0.05) is 5.70 Å². The van der Waals surface area contributed by atoms with Gasteiger partial charge in [0.05, 0.1) is 0 Å². The lowest BCUT2D eigenvalue weighted by Crippen LogP contribution is -1.83. The van der Waals surface area contributed by atoms with Gasteiger partial charge in [0.2, 0.25) is 0 Å². The van der Waals surface area contributed by atoms with Gasteiger partial charge in [0.15, 0.2) is 0 Å². The Morgan fingerprint density at radius 3 is 2.36 bits per heavy atom. The molecule has 0 saturated carbocycles. The van der Waals surface area contributed by atoms with Crippen LogP contribution >= 0.6 is 0 Å². The van der Waals surface area contributed by atoms with E-state index in [0.717, 1.165) is 18.5 Å². The maximum Gasteiger partial charge on any atom is 0.114 e. The zero-order chi connectivity index (χ0) is 8.69. The molecule has 62 valence electrons. The summed E-state index contributed by atoms with van der Waals surface area (Å²) in [6, 6.07) is 0. The lowest BCUT2D eigenvalue weighted by molar-refractivity contribution is 0.968. The van der Waals surface area contributed by atoms with Crippen LogP contribution in [-0.4, -0.2) is 13.1 Å². The van der Waals surface area contributed by atoms with Crippen LogP contribution in [0.25, 0.3) is 0 Å². The number of hydrogen-bond acceptors (Lipinski definition) is 1. The van der Waals surface area contributed by atoms with Crippen LogP contribution in [0.5, 0.6) is 0 Å². The summed E-state index contributed by atoms with van der Waals surface area (Å²) in [7, 11) is 0. The molecule has 0 radical (unpaired) electrons. The van der Waals surface area contributed by atoms with Gasteiger partial charge in [-0.3, -0.25) is 4.99 Å². The van der Waals surface area contributed by atoms with Crippen LogP contribution in [0, 0.1) is 0 Å². The second-order valence-corrected chi connectivity index (χ2v) is 2.36. The minimum Gasteiger partial charge on any atom is -0.253 e. The first-order valence-electron chi connectivity index (χ1n) is 3.93. The minimum absolute atomic E-state index is 0.964. The SMILES string of the molecule is C=NC=N/C(CC)=C(\C)CC. The molecule has 0 aliphatic rings. The molecule has 0 spiro atoms. The largest absolute Gasteiger partial charge is 0.253 e. The van der Waals surface area contributed by atoms with E-state index in [-0.39, 0.29) is 0 Å². The third-order valence-electron chi connectivity index (χ3n) is 1.65. The van der Waals surface area contributed by atoms with E-state index in [1.54, 1.807) is 0 Å². The summed E-state index contributed by atoms with van der Waals surface area (Å²) in [5.41, 5.74) is 2.45. The molecule has 0 rings (SSSR count). The Balaban J connectivity index is 4.37. The third-order valence-corrected chi connectivity index (χ3v) is 1.65. The zero-order valence-electron chi connectivity index (χ0n) is 7.59. The van der Waals surface area contributed by atoms with Crippen molar-refractivity contribution >= 4 is 13.1 Å². The monoisotopic (exact) mass is 152 g/mol. The molecule has 11 heavy (non-hydrogen) atoms. The highest BCUT2D eigenvalue weighted by Crippen LogP contribution is 2.11. The molecule has 0 N–H and O–H groups in total. The maximum absolute atomic E-state index is 4.16. The Labute approximate surface area is 68.8 Å². The molecule has 0 amide bonds. The quantitative estimate of drug-likeness (QED) is 0.437. The van der Waals surface area contributed by atoms with E-state index in [4.69, 9.17) is 0 Å². The Kier molecular flexibility index (Phi) is 5.35. The number of aliphatic imine (C=N–C) groups is 2. The van der Waals surface area contributed by atoms with Gasteiger partial charge in [-0.2, -0.15) is 0 Å². The van der Waals surface area contributed by atoms with Crippen LogP contribution in [0.3, 0.4) is 0 Å². The van der Waals surface area contributed by atoms with Gasteiger partial charge in [-0.1, -0.05) is 19.4 Å². The average Bonchev–Trinajstić information content (AvgIpc) is 2.05. The summed E-state index contributed by atoms with van der Waals surface area (Å²) in [5, 5.41) is 0. The Morgan fingerprint density at radius 2 is 2.00 bits per heavy atom. The molecule has 0 unspecified atom stereocenters. The molecular weight excluding hydrogens is 136 g/mol. The average molecular weight is 152 g/mol. The van der Waals surface area contributed by atoms with Crippen LogP contribution in [-0.2, 0) is 0 Å². The molecule has 0 aliphatic carbocycles. The van der Waals surface area contributed by atoms with Gasteiger partial charge in [0.25, 0.3) is 0 Å². The van der Waals surface area contributed by atoms with Gasteiger partial charge in [-0.25, -0.2) is 4.99 Å². The standard InChI is InChI=1S/C9H16N2/c1-5-8(3)9(6-2)11-7-10-4/h7H,4-6H2,1-3H3/b9-8+,11-7?. The van der Waals surface area contributed by atoms with Crippen LogP contribution < -0.4 is 0 Å². The molecule has 0 saturated heterocycles. The molecule has 0 heterocycles. The molecule has 2 nitrogen and oxygen atoms in total. The van der Waals surface area contributed by atoms with Gasteiger partial charge in [-0.05, 0) is 26.5 Å². The molecular formula is C9H16N2. The van der Waals surface area contributed by atoms with Crippen molar-refractivity contribution in [2.75, 3.05) is 0 Å². The number of allylic oxidation sites excluding steroid dienone is 2. The molecule has 0 aromatic carbocycles. The highest BCUT2D eigenvalue weighted by molar-refractivity contribution is 5.63. The third kappa shape index (κ3) is 3.71. The van der Waals surface area contributed by atoms with E-state index in [2.05, 4.69) is 37.5 Å². The van der Waals surface area contributed by atoms with Crippen molar-refractivity contribution in [3.05, 3.63) is 11.3 Å². The van der Waals surface area contributed by atoms with E-state index in [0.29, 0.717) is 0 Å². The fourth-order valence-corrected chi connectivity index (χ4v) is 0.818. The fourth-order valence-electron chi connectivity index (χ4n) is 0.818. The van der Waals surface area contributed by atoms with E-state index in [1.807, 2.05) is 0 Å². The van der Waals surface area contributed by atoms with Crippen molar-refractivity contribution < 1.29 is 0 Å². The normalized spacial score (nSPS) is 13.4. The smallest absolute Gasteiger partial charge is 0.114 e. The molecule has 0 aliphatic heterocycles. The van der Waals surface area contributed by atoms with Crippen LogP contribution in [0.2, 0.25) is 0 Å². The Morgan fingerprint density at radius 1 is 1.36 bits per heavy atom. The fraction of sp³-hybridized carbons (Fsp3) is 0.556. The number of nitrogens with zero attached hydrogens (tertiary/aromatic N) is 2. The lowest BCUT2D eigenvalue weighted by atomic mass is 10.1. The van der Waals surface area contributed by atoms with Crippen molar-refractivity contribution in [3.63, 3.8) is 0 Å². The van der Waals surface area contributed by atoms with Gasteiger partial charge < -0.3 is 0 Å². The summed E-state index contributed by atoms with van der Waals surface area (Å²) in [5.74, 6) is 0. The van der Waals surface area contributed by atoms with Crippen molar-refractivity contribution in [2.24, 2.45) is 9.98 Å². The predicted octanol–water partition coefficient (Wildman–Crippen LogP) is 2.81. The molecule has 0 aromatic rings. The summed E-state index contributed by atoms with van der Waals surface area (Å²) >= 11 is 0. The molecule has 2 heteroatoms. The van der Waals surface area contributed by atoms with Crippen LogP contribution in [0.4, 0.5) is 0 Å². The second-order valence-electron chi connectivity index (χ2n) is 2.36. The lowest BCUT2D eigenvalue weighted by Gasteiger charge is -2.00. The summed E-state index contributed by atoms with van der Waals surface area (Å²) in [6.07, 6.45) is 3.52. The highest BCUT2D eigenvalue weighted by atomic mass is 14.8. The molecule has 0 fully saturated rings. The summed E-state index contributed by atoms with van der Waals surface area (Å²) in [6.45, 7) is 9.65. The van der Waals surface area contributed by atoms with Crippen LogP contribution in [0.15, 0.2) is 21.3 Å². The Hall–Kier alpha value is -0.920. The van der Waals surface area contributed by atoms with Crippen molar-refractivity contribution in [1.82, 2.24) is 0 Å². The molecule has 0 bridgehead atoms. The number of rotatable bonds is 4. The second kappa shape index (κ2) is 5.83. The molecule has 0 atom stereocenters. The van der Waals surface area contributed by atoms with E-state index in [1.165, 1.54) is 11.9 Å². The minimum atomic E-state index is 0.964. The van der Waals surface area contributed by atoms with Crippen molar-refractivity contribution in [1.29, 1.82) is 0 Å². The summed E-state index contributed by atoms with van der Waals surface area (Å²) < 4.78 is 0. The zero-order valence-corrected chi connectivity index (χ0v) is 7.59. The number of hydrogen-bond donors (Lipinski definition) is 0. The maximum atomic E-state index is 4.16. The first kappa shape index (κ1) is 10.1. The Bertz CT molecular complexity index is 178. The topological polar surface area (TPSA) is 24.7 Å². The van der Waals surface area contributed by atoms with Gasteiger partial charge in [-0.15, -0.1) is 0 Å². The van der Waals surface area contributed by atoms with E-state index >= 15 is 0 Å². The van der Waals surface area contributed by atoms with Gasteiger partial charge in [0.1, 0.15) is 6.34 Å².